The third-order valence-corrected chi connectivity index (χ3v) is 3.30. The fourth-order valence-corrected chi connectivity index (χ4v) is 2.17. The van der Waals surface area contributed by atoms with Crippen molar-refractivity contribution in [3.05, 3.63) is 58.1 Å². The monoisotopic (exact) mass is 339 g/mol. The highest BCUT2D eigenvalue weighted by molar-refractivity contribution is 6.38. The molecule has 2 rings (SSSR count). The van der Waals surface area contributed by atoms with Crippen LogP contribution in [0.5, 0.6) is 5.75 Å². The quantitative estimate of drug-likeness (QED) is 0.870. The van der Waals surface area contributed by atoms with Crippen LogP contribution in [0.15, 0.2) is 42.5 Å². The molecule has 0 unspecified atom stereocenters. The van der Waals surface area contributed by atoms with Gasteiger partial charge in [0.25, 0.3) is 5.91 Å². The van der Waals surface area contributed by atoms with Crippen molar-refractivity contribution in [3.8, 4) is 5.75 Å². The van der Waals surface area contributed by atoms with Gasteiger partial charge in [0.15, 0.2) is 6.61 Å². The maximum Gasteiger partial charge on any atom is 0.337 e. The first kappa shape index (κ1) is 16.1. The Kier molecular flexibility index (Phi) is 5.25. The minimum absolute atomic E-state index is 0.00367. The molecule has 5 nitrogen and oxygen atoms in total. The normalized spacial score (nSPS) is 10.1. The van der Waals surface area contributed by atoms with Gasteiger partial charge in [-0.15, -0.1) is 0 Å². The predicted octanol–water partition coefficient (Wildman–Crippen LogP) is 3.71. The maximum absolute atomic E-state index is 11.8. The number of amides is 1. The van der Waals surface area contributed by atoms with Gasteiger partial charge in [-0.3, -0.25) is 4.79 Å². The first-order chi connectivity index (χ1) is 10.5. The fourth-order valence-electron chi connectivity index (χ4n) is 1.66. The molecule has 0 aliphatic rings. The van der Waals surface area contributed by atoms with Gasteiger partial charge < -0.3 is 15.2 Å². The van der Waals surface area contributed by atoms with Crippen molar-refractivity contribution in [2.45, 2.75) is 0 Å². The van der Waals surface area contributed by atoms with E-state index in [1.165, 1.54) is 12.1 Å². The molecule has 0 atom stereocenters. The summed E-state index contributed by atoms with van der Waals surface area (Å²) >= 11 is 11.7. The van der Waals surface area contributed by atoms with E-state index in [9.17, 15) is 9.59 Å². The van der Waals surface area contributed by atoms with Crippen LogP contribution < -0.4 is 10.1 Å². The van der Waals surface area contributed by atoms with Crippen molar-refractivity contribution in [3.63, 3.8) is 0 Å². The highest BCUT2D eigenvalue weighted by Gasteiger charge is 2.14. The number of aromatic carboxylic acids is 1. The molecule has 2 N–H and O–H groups in total. The molecular formula is C15H11Cl2NO4. The van der Waals surface area contributed by atoms with Crippen molar-refractivity contribution in [2.75, 3.05) is 11.9 Å². The van der Waals surface area contributed by atoms with Crippen LogP contribution in [0, 0.1) is 0 Å². The molecule has 22 heavy (non-hydrogen) atoms. The summed E-state index contributed by atoms with van der Waals surface area (Å²) in [6.07, 6.45) is 0. The Morgan fingerprint density at radius 2 is 1.77 bits per heavy atom. The van der Waals surface area contributed by atoms with Crippen LogP contribution in [-0.4, -0.2) is 23.6 Å². The summed E-state index contributed by atoms with van der Waals surface area (Å²) in [6.45, 7) is -0.231. The summed E-state index contributed by atoms with van der Waals surface area (Å²) in [4.78, 5) is 22.8. The smallest absolute Gasteiger partial charge is 0.337 e. The van der Waals surface area contributed by atoms with Gasteiger partial charge in [-0.2, -0.15) is 0 Å². The number of nitrogens with one attached hydrogen (secondary N) is 1. The SMILES string of the molecule is O=C(COc1ccccc1)Nc1cc(C(=O)O)c(Cl)cc1Cl. The standard InChI is InChI=1S/C15H11Cl2NO4/c16-11-7-12(17)13(6-10(11)15(20)21)18-14(19)8-22-9-4-2-1-3-5-9/h1-7H,8H2,(H,18,19)(H,20,21). The minimum Gasteiger partial charge on any atom is -0.484 e. The Morgan fingerprint density at radius 1 is 1.09 bits per heavy atom. The van der Waals surface area contributed by atoms with Crippen LogP contribution in [-0.2, 0) is 4.79 Å². The molecule has 0 saturated carbocycles. The maximum atomic E-state index is 11.8. The van der Waals surface area contributed by atoms with Gasteiger partial charge >= 0.3 is 5.97 Å². The van der Waals surface area contributed by atoms with Crippen LogP contribution in [0.4, 0.5) is 5.69 Å². The lowest BCUT2D eigenvalue weighted by Crippen LogP contribution is -2.20. The highest BCUT2D eigenvalue weighted by Crippen LogP contribution is 2.29. The molecule has 2 aromatic rings. The van der Waals surface area contributed by atoms with Crippen LogP contribution in [0.25, 0.3) is 0 Å². The molecule has 0 saturated heterocycles. The number of rotatable bonds is 5. The summed E-state index contributed by atoms with van der Waals surface area (Å²) in [5, 5.41) is 11.6. The van der Waals surface area contributed by atoms with E-state index < -0.39 is 11.9 Å². The Morgan fingerprint density at radius 3 is 2.41 bits per heavy atom. The lowest BCUT2D eigenvalue weighted by molar-refractivity contribution is -0.118. The summed E-state index contributed by atoms with van der Waals surface area (Å²) < 4.78 is 5.28. The number of benzene rings is 2. The van der Waals surface area contributed by atoms with E-state index in [0.29, 0.717) is 5.75 Å². The number of hydrogen-bond acceptors (Lipinski definition) is 3. The molecule has 0 heterocycles. The van der Waals surface area contributed by atoms with E-state index in [1.807, 2.05) is 6.07 Å². The Balaban J connectivity index is 2.05. The number of carboxylic acid groups (broad SMARTS) is 1. The van der Waals surface area contributed by atoms with Crippen molar-refractivity contribution >= 4 is 40.8 Å². The number of carbonyl (C=O) groups excluding carboxylic acids is 1. The zero-order chi connectivity index (χ0) is 16.1. The Labute approximate surface area is 136 Å². The molecule has 2 aromatic carbocycles. The number of carbonyl (C=O) groups is 2. The molecule has 0 aliphatic carbocycles. The average molecular weight is 340 g/mol. The zero-order valence-electron chi connectivity index (χ0n) is 11.2. The molecule has 0 bridgehead atoms. The molecule has 0 aliphatic heterocycles. The molecule has 114 valence electrons. The van der Waals surface area contributed by atoms with E-state index >= 15 is 0 Å². The van der Waals surface area contributed by atoms with E-state index in [1.54, 1.807) is 24.3 Å². The van der Waals surface area contributed by atoms with Crippen molar-refractivity contribution in [2.24, 2.45) is 0 Å². The van der Waals surface area contributed by atoms with Crippen molar-refractivity contribution in [1.29, 1.82) is 0 Å². The number of carboxylic acids is 1. The van der Waals surface area contributed by atoms with Gasteiger partial charge in [-0.05, 0) is 24.3 Å². The van der Waals surface area contributed by atoms with Gasteiger partial charge in [0, 0.05) is 0 Å². The minimum atomic E-state index is -1.21. The Hall–Kier alpha value is -2.24. The second kappa shape index (κ2) is 7.15. The van der Waals surface area contributed by atoms with Crippen LogP contribution >= 0.6 is 23.2 Å². The molecule has 0 fully saturated rings. The van der Waals surface area contributed by atoms with Crippen LogP contribution in [0.3, 0.4) is 0 Å². The third kappa shape index (κ3) is 4.13. The van der Waals surface area contributed by atoms with Gasteiger partial charge in [0.05, 0.1) is 21.3 Å². The predicted molar refractivity (Wildman–Crippen MR) is 84.0 cm³/mol. The molecule has 0 radical (unpaired) electrons. The number of anilines is 1. The van der Waals surface area contributed by atoms with E-state index in [0.717, 1.165) is 0 Å². The van der Waals surface area contributed by atoms with Gasteiger partial charge in [-0.1, -0.05) is 41.4 Å². The van der Waals surface area contributed by atoms with E-state index in [2.05, 4.69) is 5.32 Å². The summed E-state index contributed by atoms with van der Waals surface area (Å²) in [6, 6.07) is 11.3. The van der Waals surface area contributed by atoms with Crippen molar-refractivity contribution in [1.82, 2.24) is 0 Å². The molecule has 7 heteroatoms. The molecule has 0 aromatic heterocycles. The van der Waals surface area contributed by atoms with E-state index in [4.69, 9.17) is 33.0 Å². The first-order valence-corrected chi connectivity index (χ1v) is 6.93. The first-order valence-electron chi connectivity index (χ1n) is 6.17. The lowest BCUT2D eigenvalue weighted by atomic mass is 10.2. The lowest BCUT2D eigenvalue weighted by Gasteiger charge is -2.10. The van der Waals surface area contributed by atoms with Crippen molar-refractivity contribution < 1.29 is 19.4 Å². The summed E-state index contributed by atoms with van der Waals surface area (Å²) in [5.41, 5.74) is 0.00970. The van der Waals surface area contributed by atoms with Gasteiger partial charge in [0.1, 0.15) is 5.75 Å². The second-order valence-electron chi connectivity index (χ2n) is 4.27. The summed E-state index contributed by atoms with van der Waals surface area (Å²) in [7, 11) is 0. The average Bonchev–Trinajstić information content (AvgIpc) is 2.48. The topological polar surface area (TPSA) is 75.6 Å². The molecule has 0 spiro atoms. The van der Waals surface area contributed by atoms with Gasteiger partial charge in [-0.25, -0.2) is 4.79 Å². The molecule has 1 amide bonds. The van der Waals surface area contributed by atoms with Crippen LogP contribution in [0.2, 0.25) is 10.0 Å². The zero-order valence-corrected chi connectivity index (χ0v) is 12.7. The second-order valence-corrected chi connectivity index (χ2v) is 5.08. The Bertz CT molecular complexity index is 704. The molecular weight excluding hydrogens is 329 g/mol. The summed E-state index contributed by atoms with van der Waals surface area (Å²) in [5.74, 6) is -1.13. The number of hydrogen-bond donors (Lipinski definition) is 2. The number of para-hydroxylation sites is 1. The highest BCUT2D eigenvalue weighted by atomic mass is 35.5. The third-order valence-electron chi connectivity index (χ3n) is 2.67. The fraction of sp³-hybridized carbons (Fsp3) is 0.0667. The number of ether oxygens (including phenoxy) is 1. The van der Waals surface area contributed by atoms with Gasteiger partial charge in [0.2, 0.25) is 0 Å². The van der Waals surface area contributed by atoms with E-state index in [-0.39, 0.29) is 27.9 Å². The number of halogens is 2. The van der Waals surface area contributed by atoms with Crippen LogP contribution in [0.1, 0.15) is 10.4 Å². The largest absolute Gasteiger partial charge is 0.484 e.